The van der Waals surface area contributed by atoms with Crippen LogP contribution in [0.25, 0.3) is 0 Å². The van der Waals surface area contributed by atoms with Gasteiger partial charge in [-0.3, -0.25) is 0 Å². The molecule has 0 aromatic rings. The number of hydrogen-bond acceptors (Lipinski definition) is 1. The van der Waals surface area contributed by atoms with Gasteiger partial charge >= 0.3 is 0 Å². The van der Waals surface area contributed by atoms with Crippen LogP contribution in [-0.4, -0.2) is 5.11 Å². The van der Waals surface area contributed by atoms with Gasteiger partial charge in [-0.15, -0.1) is 0 Å². The van der Waals surface area contributed by atoms with Crippen LogP contribution in [0.4, 0.5) is 0 Å². The molecule has 0 aliphatic heterocycles. The minimum atomic E-state index is -0.0747. The zero-order valence-electron chi connectivity index (χ0n) is 6.02. The normalized spacial score (nSPS) is 14.2. The molecule has 0 aliphatic carbocycles. The Bertz CT molecular complexity index is 95.4. The van der Waals surface area contributed by atoms with Gasteiger partial charge in [-0.25, -0.2) is 0 Å². The lowest BCUT2D eigenvalue weighted by Crippen LogP contribution is -2.07. The van der Waals surface area contributed by atoms with Gasteiger partial charge in [0, 0.05) is 5.41 Å². The van der Waals surface area contributed by atoms with Crippen molar-refractivity contribution in [1.82, 2.24) is 0 Å². The van der Waals surface area contributed by atoms with E-state index in [1.54, 1.807) is 6.08 Å². The molecule has 0 atom stereocenters. The maximum absolute atomic E-state index is 9.06. The Hall–Kier alpha value is -0.460. The highest BCUT2D eigenvalue weighted by atomic mass is 16.3. The van der Waals surface area contributed by atoms with Crippen molar-refractivity contribution < 1.29 is 5.11 Å². The van der Waals surface area contributed by atoms with E-state index < -0.39 is 0 Å². The monoisotopic (exact) mass is 114 g/mol. The van der Waals surface area contributed by atoms with E-state index in [0.717, 1.165) is 0 Å². The molecule has 0 saturated carbocycles. The summed E-state index contributed by atoms with van der Waals surface area (Å²) in [5, 5.41) is 9.06. The molecule has 0 amide bonds. The summed E-state index contributed by atoms with van der Waals surface area (Å²) in [6.45, 7) is 7.76. The van der Waals surface area contributed by atoms with Gasteiger partial charge in [-0.05, 0) is 13.0 Å². The molecule has 1 nitrogen and oxygen atoms in total. The third kappa shape index (κ3) is 2.01. The summed E-state index contributed by atoms with van der Waals surface area (Å²) < 4.78 is 0. The molecule has 0 spiro atoms. The van der Waals surface area contributed by atoms with Crippen LogP contribution in [0.5, 0.6) is 0 Å². The largest absolute Gasteiger partial charge is 0.512 e. The molecule has 0 rings (SSSR count). The van der Waals surface area contributed by atoms with Gasteiger partial charge in [-0.1, -0.05) is 20.8 Å². The fourth-order valence-electron chi connectivity index (χ4n) is 0.433. The van der Waals surface area contributed by atoms with E-state index in [2.05, 4.69) is 0 Å². The van der Waals surface area contributed by atoms with E-state index in [1.165, 1.54) is 0 Å². The van der Waals surface area contributed by atoms with Crippen LogP contribution < -0.4 is 0 Å². The fourth-order valence-corrected chi connectivity index (χ4v) is 0.433. The summed E-state index contributed by atoms with van der Waals surface area (Å²) in [5.41, 5.74) is -0.0747. The van der Waals surface area contributed by atoms with Gasteiger partial charge in [0.2, 0.25) is 0 Å². The van der Waals surface area contributed by atoms with Gasteiger partial charge in [0.05, 0.1) is 5.76 Å². The van der Waals surface area contributed by atoms with Gasteiger partial charge in [0.25, 0.3) is 0 Å². The molecule has 0 bridgehead atoms. The number of allylic oxidation sites excluding steroid dienone is 2. The number of aliphatic hydroxyl groups is 1. The first-order valence-corrected chi connectivity index (χ1v) is 2.84. The second kappa shape index (κ2) is 2.21. The fraction of sp³-hybridized carbons (Fsp3) is 0.714. The molecule has 0 fully saturated rings. The van der Waals surface area contributed by atoms with Crippen molar-refractivity contribution in [1.29, 1.82) is 0 Å². The van der Waals surface area contributed by atoms with E-state index >= 15 is 0 Å². The standard InChI is InChI=1S/C7H14O/c1-5-6(8)7(2,3)4/h5,8H,1-4H3. The molecule has 0 unspecified atom stereocenters. The first-order valence-electron chi connectivity index (χ1n) is 2.84. The second-order valence-corrected chi connectivity index (χ2v) is 2.92. The van der Waals surface area contributed by atoms with Gasteiger partial charge < -0.3 is 5.11 Å². The summed E-state index contributed by atoms with van der Waals surface area (Å²) in [6.07, 6.45) is 1.72. The maximum Gasteiger partial charge on any atom is 0.0933 e. The molecule has 8 heavy (non-hydrogen) atoms. The lowest BCUT2D eigenvalue weighted by molar-refractivity contribution is 0.276. The molecule has 0 aromatic heterocycles. The van der Waals surface area contributed by atoms with Crippen molar-refractivity contribution >= 4 is 0 Å². The average Bonchev–Trinajstić information content (AvgIpc) is 1.62. The summed E-state index contributed by atoms with van der Waals surface area (Å²) in [7, 11) is 0. The van der Waals surface area contributed by atoms with Crippen LogP contribution in [-0.2, 0) is 0 Å². The summed E-state index contributed by atoms with van der Waals surface area (Å²) in [4.78, 5) is 0. The van der Waals surface area contributed by atoms with E-state index in [4.69, 9.17) is 5.11 Å². The van der Waals surface area contributed by atoms with E-state index in [1.807, 2.05) is 27.7 Å². The zero-order valence-corrected chi connectivity index (χ0v) is 6.02. The van der Waals surface area contributed by atoms with Crippen LogP contribution in [0.3, 0.4) is 0 Å². The van der Waals surface area contributed by atoms with Crippen molar-refractivity contribution in [3.05, 3.63) is 11.8 Å². The quantitative estimate of drug-likeness (QED) is 0.480. The van der Waals surface area contributed by atoms with Crippen molar-refractivity contribution in [2.24, 2.45) is 5.41 Å². The Balaban J connectivity index is 4.03. The minimum Gasteiger partial charge on any atom is -0.512 e. The Kier molecular flexibility index (Phi) is 2.08. The van der Waals surface area contributed by atoms with E-state index in [-0.39, 0.29) is 5.41 Å². The topological polar surface area (TPSA) is 20.2 Å². The Labute approximate surface area is 51.0 Å². The van der Waals surface area contributed by atoms with Crippen molar-refractivity contribution in [3.8, 4) is 0 Å². The van der Waals surface area contributed by atoms with Gasteiger partial charge in [-0.2, -0.15) is 0 Å². The van der Waals surface area contributed by atoms with Crippen LogP contribution in [0, 0.1) is 5.41 Å². The maximum atomic E-state index is 9.06. The number of aliphatic hydroxyl groups excluding tert-OH is 1. The minimum absolute atomic E-state index is 0.0747. The Morgan fingerprint density at radius 3 is 1.75 bits per heavy atom. The zero-order chi connectivity index (χ0) is 6.78. The van der Waals surface area contributed by atoms with Crippen LogP contribution in [0.2, 0.25) is 0 Å². The predicted octanol–water partition coefficient (Wildman–Crippen LogP) is 2.49. The van der Waals surface area contributed by atoms with Gasteiger partial charge in [0.15, 0.2) is 0 Å². The molecule has 1 heteroatoms. The lowest BCUT2D eigenvalue weighted by Gasteiger charge is -2.16. The molecular formula is C7H14O. The van der Waals surface area contributed by atoms with Crippen molar-refractivity contribution in [3.63, 3.8) is 0 Å². The molecule has 0 heterocycles. The number of rotatable bonds is 0. The SMILES string of the molecule is CC=C(O)C(C)(C)C. The Morgan fingerprint density at radius 2 is 1.75 bits per heavy atom. The number of hydrogen-bond donors (Lipinski definition) is 1. The predicted molar refractivity (Wildman–Crippen MR) is 35.8 cm³/mol. The molecule has 0 radical (unpaired) electrons. The first kappa shape index (κ1) is 7.54. The highest BCUT2D eigenvalue weighted by Gasteiger charge is 2.13. The molecular weight excluding hydrogens is 100 g/mol. The molecule has 0 aromatic carbocycles. The Morgan fingerprint density at radius 1 is 1.38 bits per heavy atom. The molecule has 0 aliphatic rings. The van der Waals surface area contributed by atoms with Gasteiger partial charge in [0.1, 0.15) is 0 Å². The molecule has 1 N–H and O–H groups in total. The van der Waals surface area contributed by atoms with E-state index in [0.29, 0.717) is 5.76 Å². The van der Waals surface area contributed by atoms with Crippen molar-refractivity contribution in [2.45, 2.75) is 27.7 Å². The summed E-state index contributed by atoms with van der Waals surface area (Å²) >= 11 is 0. The van der Waals surface area contributed by atoms with Crippen LogP contribution in [0.1, 0.15) is 27.7 Å². The highest BCUT2D eigenvalue weighted by molar-refractivity contribution is 4.98. The van der Waals surface area contributed by atoms with Crippen LogP contribution >= 0.6 is 0 Å². The second-order valence-electron chi connectivity index (χ2n) is 2.92. The average molecular weight is 114 g/mol. The third-order valence-corrected chi connectivity index (χ3v) is 1.04. The highest BCUT2D eigenvalue weighted by Crippen LogP contribution is 2.21. The molecule has 48 valence electrons. The van der Waals surface area contributed by atoms with E-state index in [9.17, 15) is 0 Å². The lowest BCUT2D eigenvalue weighted by atomic mass is 9.94. The smallest absolute Gasteiger partial charge is 0.0933 e. The third-order valence-electron chi connectivity index (χ3n) is 1.04. The van der Waals surface area contributed by atoms with Crippen LogP contribution in [0.15, 0.2) is 11.8 Å². The molecule has 0 saturated heterocycles. The van der Waals surface area contributed by atoms with Crippen molar-refractivity contribution in [2.75, 3.05) is 0 Å². The first-order chi connectivity index (χ1) is 3.48. The summed E-state index contributed by atoms with van der Waals surface area (Å²) in [5.74, 6) is 0.456. The summed E-state index contributed by atoms with van der Waals surface area (Å²) in [6, 6.07) is 0.